The van der Waals surface area contributed by atoms with Gasteiger partial charge < -0.3 is 10.4 Å². The monoisotopic (exact) mass is 205 g/mol. The van der Waals surface area contributed by atoms with Gasteiger partial charge in [-0.3, -0.25) is 4.79 Å². The van der Waals surface area contributed by atoms with E-state index >= 15 is 0 Å². The number of hydrogen-bond acceptors (Lipinski definition) is 2. The molecule has 15 heavy (non-hydrogen) atoms. The zero-order valence-electron chi connectivity index (χ0n) is 8.73. The van der Waals surface area contributed by atoms with Crippen LogP contribution >= 0.6 is 0 Å². The summed E-state index contributed by atoms with van der Waals surface area (Å²) in [7, 11) is 0. The minimum Gasteiger partial charge on any atom is -0.481 e. The number of aliphatic carboxylic acids is 1. The predicted octanol–water partition coefficient (Wildman–Crippen LogP) is 1.38. The van der Waals surface area contributed by atoms with Crippen LogP contribution in [0.3, 0.4) is 0 Å². The molecule has 0 spiro atoms. The van der Waals surface area contributed by atoms with Crippen LogP contribution in [-0.2, 0) is 4.79 Å². The fourth-order valence-electron chi connectivity index (χ4n) is 2.10. The summed E-state index contributed by atoms with van der Waals surface area (Å²) < 4.78 is 0. The van der Waals surface area contributed by atoms with E-state index < -0.39 is 5.97 Å². The molecule has 0 aromatic heterocycles. The molecular weight excluding hydrogens is 190 g/mol. The number of carboxylic acids is 1. The van der Waals surface area contributed by atoms with Crippen molar-refractivity contribution in [2.75, 3.05) is 13.1 Å². The van der Waals surface area contributed by atoms with E-state index in [0.717, 1.165) is 12.1 Å². The van der Waals surface area contributed by atoms with Gasteiger partial charge in [0.25, 0.3) is 0 Å². The van der Waals surface area contributed by atoms with E-state index in [1.165, 1.54) is 5.56 Å². The highest BCUT2D eigenvalue weighted by Gasteiger charge is 2.33. The van der Waals surface area contributed by atoms with E-state index in [1.807, 2.05) is 31.2 Å². The van der Waals surface area contributed by atoms with Crippen LogP contribution in [0, 0.1) is 12.8 Å². The van der Waals surface area contributed by atoms with Crippen molar-refractivity contribution in [3.05, 3.63) is 35.4 Å². The molecule has 0 unspecified atom stereocenters. The maximum Gasteiger partial charge on any atom is 0.308 e. The van der Waals surface area contributed by atoms with Crippen LogP contribution in [0.2, 0.25) is 0 Å². The average Bonchev–Trinajstić information content (AvgIpc) is 2.67. The summed E-state index contributed by atoms with van der Waals surface area (Å²) in [5.41, 5.74) is 2.33. The summed E-state index contributed by atoms with van der Waals surface area (Å²) in [5.74, 6) is -0.874. The Labute approximate surface area is 89.1 Å². The van der Waals surface area contributed by atoms with E-state index in [1.54, 1.807) is 0 Å². The van der Waals surface area contributed by atoms with Crippen molar-refractivity contribution < 1.29 is 9.90 Å². The minimum absolute atomic E-state index is 0.114. The minimum atomic E-state index is -0.703. The number of nitrogens with one attached hydrogen (secondary N) is 1. The van der Waals surface area contributed by atoms with Crippen molar-refractivity contribution in [1.29, 1.82) is 0 Å². The van der Waals surface area contributed by atoms with E-state index in [9.17, 15) is 4.79 Å². The van der Waals surface area contributed by atoms with E-state index in [-0.39, 0.29) is 11.8 Å². The Balaban J connectivity index is 2.22. The van der Waals surface area contributed by atoms with E-state index in [4.69, 9.17) is 5.11 Å². The lowest BCUT2D eigenvalue weighted by Gasteiger charge is -2.14. The predicted molar refractivity (Wildman–Crippen MR) is 57.9 cm³/mol. The molecule has 80 valence electrons. The molecule has 2 atom stereocenters. The van der Waals surface area contributed by atoms with Gasteiger partial charge in [-0.25, -0.2) is 0 Å². The van der Waals surface area contributed by atoms with Gasteiger partial charge in [0, 0.05) is 19.0 Å². The van der Waals surface area contributed by atoms with Gasteiger partial charge in [0.2, 0.25) is 0 Å². The van der Waals surface area contributed by atoms with Gasteiger partial charge in [-0.2, -0.15) is 0 Å². The second-order valence-corrected chi connectivity index (χ2v) is 4.12. The number of carboxylic acid groups (broad SMARTS) is 1. The van der Waals surface area contributed by atoms with Crippen molar-refractivity contribution in [2.24, 2.45) is 5.92 Å². The molecule has 1 aromatic rings. The zero-order chi connectivity index (χ0) is 10.8. The maximum absolute atomic E-state index is 11.0. The highest BCUT2D eigenvalue weighted by molar-refractivity contribution is 5.72. The molecule has 3 nitrogen and oxygen atoms in total. The van der Waals surface area contributed by atoms with Crippen LogP contribution in [0.25, 0.3) is 0 Å². The molecule has 1 aliphatic heterocycles. The van der Waals surface area contributed by atoms with Gasteiger partial charge in [0.15, 0.2) is 0 Å². The maximum atomic E-state index is 11.0. The Morgan fingerprint density at radius 1 is 1.33 bits per heavy atom. The Morgan fingerprint density at radius 2 is 2.00 bits per heavy atom. The van der Waals surface area contributed by atoms with Gasteiger partial charge in [-0.05, 0) is 12.5 Å². The topological polar surface area (TPSA) is 49.3 Å². The number of carbonyl (C=O) groups is 1. The summed E-state index contributed by atoms with van der Waals surface area (Å²) in [6, 6.07) is 8.13. The van der Waals surface area contributed by atoms with Crippen LogP contribution in [0.5, 0.6) is 0 Å². The van der Waals surface area contributed by atoms with Crippen LogP contribution in [0.4, 0.5) is 0 Å². The lowest BCUT2D eigenvalue weighted by molar-refractivity contribution is -0.141. The molecule has 1 saturated heterocycles. The summed E-state index contributed by atoms with van der Waals surface area (Å²) >= 11 is 0. The number of hydrogen-bond donors (Lipinski definition) is 2. The van der Waals surface area contributed by atoms with E-state index in [0.29, 0.717) is 6.54 Å². The third-order valence-corrected chi connectivity index (χ3v) is 3.04. The normalized spacial score (nSPS) is 25.4. The Hall–Kier alpha value is -1.35. The summed E-state index contributed by atoms with van der Waals surface area (Å²) in [6.45, 7) is 3.37. The molecule has 0 amide bonds. The molecule has 0 bridgehead atoms. The Bertz CT molecular complexity index is 358. The number of aryl methyl sites for hydroxylation is 1. The fourth-order valence-corrected chi connectivity index (χ4v) is 2.10. The number of rotatable bonds is 2. The molecule has 0 aliphatic carbocycles. The average molecular weight is 205 g/mol. The molecule has 0 saturated carbocycles. The third kappa shape index (κ3) is 2.02. The molecule has 3 heteroatoms. The SMILES string of the molecule is Cc1ccc([C@@H]2CNC[C@@H]2C(=O)O)cc1. The van der Waals surface area contributed by atoms with Crippen LogP contribution in [0.15, 0.2) is 24.3 Å². The van der Waals surface area contributed by atoms with Crippen molar-refractivity contribution in [1.82, 2.24) is 5.32 Å². The molecule has 2 N–H and O–H groups in total. The van der Waals surface area contributed by atoms with Gasteiger partial charge in [-0.1, -0.05) is 29.8 Å². The van der Waals surface area contributed by atoms with Crippen LogP contribution in [0.1, 0.15) is 17.0 Å². The summed E-state index contributed by atoms with van der Waals surface area (Å²) in [5, 5.41) is 12.2. The lowest BCUT2D eigenvalue weighted by atomic mass is 9.89. The highest BCUT2D eigenvalue weighted by atomic mass is 16.4. The molecule has 1 heterocycles. The first-order valence-electron chi connectivity index (χ1n) is 5.18. The van der Waals surface area contributed by atoms with Crippen molar-refractivity contribution in [3.63, 3.8) is 0 Å². The molecule has 1 aliphatic rings. The summed E-state index contributed by atoms with van der Waals surface area (Å²) in [6.07, 6.45) is 0. The first-order valence-corrected chi connectivity index (χ1v) is 5.18. The smallest absolute Gasteiger partial charge is 0.308 e. The second kappa shape index (κ2) is 4.03. The first kappa shape index (κ1) is 10.2. The summed E-state index contributed by atoms with van der Waals surface area (Å²) in [4.78, 5) is 11.0. The van der Waals surface area contributed by atoms with Gasteiger partial charge in [-0.15, -0.1) is 0 Å². The van der Waals surface area contributed by atoms with Gasteiger partial charge >= 0.3 is 5.97 Å². The quantitative estimate of drug-likeness (QED) is 0.767. The molecule has 2 rings (SSSR count). The lowest BCUT2D eigenvalue weighted by Crippen LogP contribution is -2.20. The van der Waals surface area contributed by atoms with Crippen molar-refractivity contribution in [3.8, 4) is 0 Å². The van der Waals surface area contributed by atoms with Crippen LogP contribution < -0.4 is 5.32 Å². The largest absolute Gasteiger partial charge is 0.481 e. The van der Waals surface area contributed by atoms with E-state index in [2.05, 4.69) is 5.32 Å². The van der Waals surface area contributed by atoms with Gasteiger partial charge in [0.05, 0.1) is 5.92 Å². The molecule has 1 fully saturated rings. The highest BCUT2D eigenvalue weighted by Crippen LogP contribution is 2.28. The zero-order valence-corrected chi connectivity index (χ0v) is 8.73. The molecular formula is C12H15NO2. The Morgan fingerprint density at radius 3 is 2.60 bits per heavy atom. The first-order chi connectivity index (χ1) is 7.18. The Kier molecular flexibility index (Phi) is 2.73. The van der Waals surface area contributed by atoms with Crippen molar-refractivity contribution >= 4 is 5.97 Å². The molecule has 1 aromatic carbocycles. The standard InChI is InChI=1S/C12H15NO2/c1-8-2-4-9(5-3-8)10-6-13-7-11(10)12(14)15/h2-5,10-11,13H,6-7H2,1H3,(H,14,15)/t10-,11-/m0/s1. The van der Waals surface area contributed by atoms with Crippen molar-refractivity contribution in [2.45, 2.75) is 12.8 Å². The second-order valence-electron chi connectivity index (χ2n) is 4.12. The number of benzene rings is 1. The van der Waals surface area contributed by atoms with Crippen LogP contribution in [-0.4, -0.2) is 24.2 Å². The van der Waals surface area contributed by atoms with Gasteiger partial charge in [0.1, 0.15) is 0 Å². The third-order valence-electron chi connectivity index (χ3n) is 3.04. The fraction of sp³-hybridized carbons (Fsp3) is 0.417. The molecule has 0 radical (unpaired) electrons.